The van der Waals surface area contributed by atoms with E-state index in [0.29, 0.717) is 22.5 Å². The molecule has 0 saturated heterocycles. The summed E-state index contributed by atoms with van der Waals surface area (Å²) in [4.78, 5) is 21.1. The number of hydrogen-bond donors (Lipinski definition) is 1. The van der Waals surface area contributed by atoms with Gasteiger partial charge in [0, 0.05) is 46.2 Å². The molecule has 1 saturated carbocycles. The van der Waals surface area contributed by atoms with E-state index in [9.17, 15) is 4.79 Å². The van der Waals surface area contributed by atoms with E-state index in [-0.39, 0.29) is 11.9 Å². The number of amides is 1. The van der Waals surface area contributed by atoms with E-state index < -0.39 is 0 Å². The first-order valence-corrected chi connectivity index (χ1v) is 13.9. The number of hydrogen-bond acceptors (Lipinski definition) is 5. The first kappa shape index (κ1) is 25.7. The van der Waals surface area contributed by atoms with Crippen LogP contribution in [0, 0.1) is 6.92 Å². The summed E-state index contributed by atoms with van der Waals surface area (Å²) in [5.41, 5.74) is 4.12. The lowest BCUT2D eigenvalue weighted by Gasteiger charge is -2.37. The standard InChI is InChI=1S/C30H32ClN3O2S/c1-19-16-21(14-15-33-19)20-8-13-26(36-3)22(17-20)18-34(24-11-9-23(32-2)10-12-24)30(35)29-28(31)25-6-4-5-7-27(25)37-29/h4-8,13-17,23-24,32H,9-12,18H2,1-3H3. The zero-order valence-corrected chi connectivity index (χ0v) is 23.0. The Morgan fingerprint density at radius 1 is 1.11 bits per heavy atom. The van der Waals surface area contributed by atoms with Crippen LogP contribution in [0.2, 0.25) is 5.02 Å². The number of carbonyl (C=O) groups is 1. The SMILES string of the molecule is CNC1CCC(N(Cc2cc(-c3ccnc(C)c3)ccc2OC)C(=O)c2sc3ccccc3c2Cl)CC1. The number of nitrogens with one attached hydrogen (secondary N) is 1. The molecular formula is C30H32ClN3O2S. The smallest absolute Gasteiger partial charge is 0.266 e. The van der Waals surface area contributed by atoms with Crippen LogP contribution in [0.4, 0.5) is 0 Å². The molecule has 4 aromatic rings. The second-order valence-electron chi connectivity index (χ2n) is 9.68. The Balaban J connectivity index is 1.53. The molecule has 5 rings (SSSR count). The number of halogens is 1. The highest BCUT2D eigenvalue weighted by atomic mass is 35.5. The molecule has 0 atom stereocenters. The molecule has 37 heavy (non-hydrogen) atoms. The minimum atomic E-state index is -0.00804. The molecule has 2 aromatic carbocycles. The van der Waals surface area contributed by atoms with Gasteiger partial charge < -0.3 is 15.0 Å². The van der Waals surface area contributed by atoms with E-state index in [4.69, 9.17) is 16.3 Å². The normalized spacial score (nSPS) is 17.6. The Bertz CT molecular complexity index is 1410. The molecule has 192 valence electrons. The maximum atomic E-state index is 14.2. The average molecular weight is 534 g/mol. The number of methoxy groups -OCH3 is 1. The lowest BCUT2D eigenvalue weighted by molar-refractivity contribution is 0.0604. The number of pyridine rings is 1. The van der Waals surface area contributed by atoms with Gasteiger partial charge in [0.2, 0.25) is 0 Å². The molecule has 7 heteroatoms. The van der Waals surface area contributed by atoms with Crippen LogP contribution >= 0.6 is 22.9 Å². The fourth-order valence-electron chi connectivity index (χ4n) is 5.32. The predicted molar refractivity (Wildman–Crippen MR) is 153 cm³/mol. The monoisotopic (exact) mass is 533 g/mol. The number of rotatable bonds is 7. The summed E-state index contributed by atoms with van der Waals surface area (Å²) in [7, 11) is 3.70. The van der Waals surface area contributed by atoms with E-state index in [1.54, 1.807) is 7.11 Å². The van der Waals surface area contributed by atoms with E-state index in [0.717, 1.165) is 63.9 Å². The molecule has 0 bridgehead atoms. The van der Waals surface area contributed by atoms with Crippen molar-refractivity contribution in [3.05, 3.63) is 82.0 Å². The van der Waals surface area contributed by atoms with Gasteiger partial charge in [-0.05, 0) is 81.1 Å². The summed E-state index contributed by atoms with van der Waals surface area (Å²) >= 11 is 8.26. The second-order valence-corrected chi connectivity index (χ2v) is 11.1. The van der Waals surface area contributed by atoms with E-state index in [2.05, 4.69) is 28.5 Å². The first-order chi connectivity index (χ1) is 18.0. The van der Waals surface area contributed by atoms with E-state index >= 15 is 0 Å². The van der Waals surface area contributed by atoms with E-state index in [1.807, 2.05) is 61.5 Å². The third kappa shape index (κ3) is 5.37. The highest BCUT2D eigenvalue weighted by Crippen LogP contribution is 2.38. The zero-order chi connectivity index (χ0) is 25.9. The van der Waals surface area contributed by atoms with E-state index in [1.165, 1.54) is 11.3 Å². The van der Waals surface area contributed by atoms with Crippen LogP contribution in [0.5, 0.6) is 5.75 Å². The molecule has 0 unspecified atom stereocenters. The van der Waals surface area contributed by atoms with Crippen LogP contribution in [0.25, 0.3) is 21.2 Å². The molecule has 1 amide bonds. The third-order valence-corrected chi connectivity index (χ3v) is 9.05. The van der Waals surface area contributed by atoms with Gasteiger partial charge in [0.05, 0.1) is 12.1 Å². The minimum Gasteiger partial charge on any atom is -0.496 e. The summed E-state index contributed by atoms with van der Waals surface area (Å²) in [5.74, 6) is 0.769. The van der Waals surface area contributed by atoms with Gasteiger partial charge in [0.25, 0.3) is 5.91 Å². The molecule has 1 N–H and O–H groups in total. The first-order valence-electron chi connectivity index (χ1n) is 12.7. The van der Waals surface area contributed by atoms with Crippen molar-refractivity contribution < 1.29 is 9.53 Å². The van der Waals surface area contributed by atoms with Crippen LogP contribution in [0.3, 0.4) is 0 Å². The number of aryl methyl sites for hydroxylation is 1. The van der Waals surface area contributed by atoms with Crippen LogP contribution in [0.1, 0.15) is 46.6 Å². The van der Waals surface area contributed by atoms with Crippen molar-refractivity contribution in [3.63, 3.8) is 0 Å². The van der Waals surface area contributed by atoms with Gasteiger partial charge in [-0.1, -0.05) is 35.9 Å². The Labute approximate surface area is 227 Å². The Hall–Kier alpha value is -2.93. The van der Waals surface area contributed by atoms with Crippen LogP contribution in [0.15, 0.2) is 60.8 Å². The number of carbonyl (C=O) groups excluding carboxylic acids is 1. The number of benzene rings is 2. The molecule has 5 nitrogen and oxygen atoms in total. The Kier molecular flexibility index (Phi) is 7.79. The number of fused-ring (bicyclic) bond motifs is 1. The van der Waals surface area contributed by atoms with Crippen LogP contribution in [-0.4, -0.2) is 42.0 Å². The van der Waals surface area contributed by atoms with Gasteiger partial charge >= 0.3 is 0 Å². The van der Waals surface area contributed by atoms with Crippen LogP contribution < -0.4 is 10.1 Å². The predicted octanol–water partition coefficient (Wildman–Crippen LogP) is 7.11. The van der Waals surface area contributed by atoms with Gasteiger partial charge in [-0.15, -0.1) is 11.3 Å². The lowest BCUT2D eigenvalue weighted by Crippen LogP contribution is -2.44. The quantitative estimate of drug-likeness (QED) is 0.275. The molecule has 1 aliphatic carbocycles. The van der Waals surface area contributed by atoms with Gasteiger partial charge in [0.15, 0.2) is 0 Å². The fourth-order valence-corrected chi connectivity index (χ4v) is 6.78. The maximum absolute atomic E-state index is 14.2. The van der Waals surface area contributed by atoms with Crippen molar-refractivity contribution in [2.75, 3.05) is 14.2 Å². The summed E-state index contributed by atoms with van der Waals surface area (Å²) in [5, 5.41) is 4.88. The number of ether oxygens (including phenoxy) is 1. The second kappa shape index (κ2) is 11.2. The van der Waals surface area contributed by atoms with Crippen molar-refractivity contribution in [2.24, 2.45) is 0 Å². The lowest BCUT2D eigenvalue weighted by atomic mass is 9.89. The molecule has 0 aliphatic heterocycles. The van der Waals surface area contributed by atoms with Gasteiger partial charge in [-0.2, -0.15) is 0 Å². The van der Waals surface area contributed by atoms with Crippen molar-refractivity contribution in [1.82, 2.24) is 15.2 Å². The summed E-state index contributed by atoms with van der Waals surface area (Å²) in [6, 6.07) is 18.9. The van der Waals surface area contributed by atoms with Crippen molar-refractivity contribution >= 4 is 38.9 Å². The molecule has 0 spiro atoms. The largest absolute Gasteiger partial charge is 0.496 e. The van der Waals surface area contributed by atoms with Gasteiger partial charge in [-0.3, -0.25) is 9.78 Å². The Morgan fingerprint density at radius 2 is 1.86 bits per heavy atom. The molecule has 2 aromatic heterocycles. The summed E-state index contributed by atoms with van der Waals surface area (Å²) in [6.07, 6.45) is 5.81. The maximum Gasteiger partial charge on any atom is 0.266 e. The Morgan fingerprint density at radius 3 is 2.57 bits per heavy atom. The summed E-state index contributed by atoms with van der Waals surface area (Å²) in [6.45, 7) is 2.45. The van der Waals surface area contributed by atoms with Crippen molar-refractivity contribution in [3.8, 4) is 16.9 Å². The van der Waals surface area contributed by atoms with Crippen molar-refractivity contribution in [1.29, 1.82) is 0 Å². The highest BCUT2D eigenvalue weighted by Gasteiger charge is 2.32. The molecule has 1 aliphatic rings. The minimum absolute atomic E-state index is 0.00804. The number of aromatic nitrogens is 1. The topological polar surface area (TPSA) is 54.5 Å². The molecule has 1 fully saturated rings. The van der Waals surface area contributed by atoms with Crippen LogP contribution in [-0.2, 0) is 6.54 Å². The highest BCUT2D eigenvalue weighted by molar-refractivity contribution is 7.21. The fraction of sp³-hybridized carbons (Fsp3) is 0.333. The number of nitrogens with zero attached hydrogens (tertiary/aromatic N) is 2. The zero-order valence-electron chi connectivity index (χ0n) is 21.5. The molecular weight excluding hydrogens is 502 g/mol. The molecule has 0 radical (unpaired) electrons. The van der Waals surface area contributed by atoms with Gasteiger partial charge in [-0.25, -0.2) is 0 Å². The summed E-state index contributed by atoms with van der Waals surface area (Å²) < 4.78 is 6.79. The molecule has 2 heterocycles. The van der Waals surface area contributed by atoms with Crippen molar-refractivity contribution in [2.45, 2.75) is 51.2 Å². The average Bonchev–Trinajstić information content (AvgIpc) is 3.27. The third-order valence-electron chi connectivity index (χ3n) is 7.39. The van der Waals surface area contributed by atoms with Gasteiger partial charge in [0.1, 0.15) is 10.6 Å². The number of thiophene rings is 1.